The lowest BCUT2D eigenvalue weighted by Crippen LogP contribution is -2.27. The lowest BCUT2D eigenvalue weighted by molar-refractivity contribution is 0.0952. The number of carbonyl (C=O) groups excluding carboxylic acids is 1. The van der Waals surface area contributed by atoms with Gasteiger partial charge < -0.3 is 14.6 Å². The van der Waals surface area contributed by atoms with Crippen molar-refractivity contribution in [3.8, 4) is 5.75 Å². The quantitative estimate of drug-likeness (QED) is 0.788. The average Bonchev–Trinajstić information content (AvgIpc) is 2.90. The molecule has 0 saturated heterocycles. The highest BCUT2D eigenvalue weighted by Crippen LogP contribution is 2.15. The molecule has 1 heterocycles. The van der Waals surface area contributed by atoms with Crippen molar-refractivity contribution in [1.82, 2.24) is 14.9 Å². The van der Waals surface area contributed by atoms with Gasteiger partial charge in [0.05, 0.1) is 18.1 Å². The number of imidazole rings is 1. The van der Waals surface area contributed by atoms with Crippen molar-refractivity contribution >= 4 is 16.9 Å². The Morgan fingerprint density at radius 1 is 1.22 bits per heavy atom. The maximum absolute atomic E-state index is 12.2. The second-order valence-corrected chi connectivity index (χ2v) is 5.29. The summed E-state index contributed by atoms with van der Waals surface area (Å²) in [5, 5.41) is 2.94. The number of carbonyl (C=O) groups is 1. The van der Waals surface area contributed by atoms with Crippen molar-refractivity contribution in [2.75, 3.05) is 13.7 Å². The number of fused-ring (bicyclic) bond motifs is 1. The lowest BCUT2D eigenvalue weighted by atomic mass is 10.2. The van der Waals surface area contributed by atoms with Crippen LogP contribution in [0.1, 0.15) is 16.2 Å². The highest BCUT2D eigenvalue weighted by Gasteiger charge is 2.08. The normalized spacial score (nSPS) is 10.7. The van der Waals surface area contributed by atoms with Gasteiger partial charge in [-0.25, -0.2) is 4.98 Å². The standard InChI is InChI=1S/C18H19N3O2/c1-13-20-16-8-3-4-9-17(16)21(13)11-10-19-18(22)14-6-5-7-15(12-14)23-2/h3-9,12H,10-11H2,1-2H3,(H,19,22). The van der Waals surface area contributed by atoms with Gasteiger partial charge in [-0.05, 0) is 37.3 Å². The summed E-state index contributed by atoms with van der Waals surface area (Å²) in [7, 11) is 1.59. The summed E-state index contributed by atoms with van der Waals surface area (Å²) in [6, 6.07) is 15.1. The predicted molar refractivity (Wildman–Crippen MR) is 89.8 cm³/mol. The van der Waals surface area contributed by atoms with Crippen LogP contribution in [0.25, 0.3) is 11.0 Å². The summed E-state index contributed by atoms with van der Waals surface area (Å²) in [5.41, 5.74) is 2.65. The van der Waals surface area contributed by atoms with E-state index in [1.165, 1.54) is 0 Å². The zero-order valence-electron chi connectivity index (χ0n) is 13.2. The second-order valence-electron chi connectivity index (χ2n) is 5.29. The van der Waals surface area contributed by atoms with Crippen LogP contribution in [0.4, 0.5) is 0 Å². The van der Waals surface area contributed by atoms with E-state index < -0.39 is 0 Å². The van der Waals surface area contributed by atoms with Crippen LogP contribution in [0.15, 0.2) is 48.5 Å². The molecule has 0 radical (unpaired) electrons. The van der Waals surface area contributed by atoms with Crippen molar-refractivity contribution in [3.05, 3.63) is 59.9 Å². The smallest absolute Gasteiger partial charge is 0.251 e. The maximum Gasteiger partial charge on any atom is 0.251 e. The molecule has 3 aromatic rings. The van der Waals surface area contributed by atoms with Gasteiger partial charge in [0.2, 0.25) is 0 Å². The molecular formula is C18H19N3O2. The molecule has 1 aromatic heterocycles. The van der Waals surface area contributed by atoms with Crippen LogP contribution >= 0.6 is 0 Å². The van der Waals surface area contributed by atoms with Crippen molar-refractivity contribution in [2.45, 2.75) is 13.5 Å². The number of hydrogen-bond acceptors (Lipinski definition) is 3. The first-order chi connectivity index (χ1) is 11.2. The Labute approximate surface area is 134 Å². The minimum atomic E-state index is -0.106. The fraction of sp³-hybridized carbons (Fsp3) is 0.222. The summed E-state index contributed by atoms with van der Waals surface area (Å²) in [6.07, 6.45) is 0. The molecule has 23 heavy (non-hydrogen) atoms. The Bertz CT molecular complexity index is 839. The fourth-order valence-electron chi connectivity index (χ4n) is 2.63. The largest absolute Gasteiger partial charge is 0.497 e. The molecule has 0 spiro atoms. The fourth-order valence-corrected chi connectivity index (χ4v) is 2.63. The van der Waals surface area contributed by atoms with E-state index in [2.05, 4.69) is 14.9 Å². The Kier molecular flexibility index (Phi) is 4.28. The van der Waals surface area contributed by atoms with E-state index in [1.807, 2.05) is 37.3 Å². The first-order valence-corrected chi connectivity index (χ1v) is 7.53. The van der Waals surface area contributed by atoms with Crippen molar-refractivity contribution in [3.63, 3.8) is 0 Å². The van der Waals surface area contributed by atoms with Crippen LogP contribution in [0.2, 0.25) is 0 Å². The summed E-state index contributed by atoms with van der Waals surface area (Å²) in [6.45, 7) is 3.20. The first kappa shape index (κ1) is 15.1. The van der Waals surface area contributed by atoms with Gasteiger partial charge in [-0.1, -0.05) is 18.2 Å². The van der Waals surface area contributed by atoms with Crippen LogP contribution in [0.3, 0.4) is 0 Å². The second kappa shape index (κ2) is 6.52. The topological polar surface area (TPSA) is 56.1 Å². The van der Waals surface area contributed by atoms with Gasteiger partial charge in [0.25, 0.3) is 5.91 Å². The minimum absolute atomic E-state index is 0.106. The number of ether oxygens (including phenoxy) is 1. The molecule has 0 bridgehead atoms. The zero-order valence-corrected chi connectivity index (χ0v) is 13.2. The molecule has 5 heteroatoms. The maximum atomic E-state index is 12.2. The van der Waals surface area contributed by atoms with Crippen LogP contribution < -0.4 is 10.1 Å². The molecule has 0 saturated carbocycles. The van der Waals surface area contributed by atoms with Gasteiger partial charge >= 0.3 is 0 Å². The lowest BCUT2D eigenvalue weighted by Gasteiger charge is -2.09. The van der Waals surface area contributed by atoms with Crippen LogP contribution in [-0.4, -0.2) is 29.1 Å². The summed E-state index contributed by atoms with van der Waals surface area (Å²) in [5.74, 6) is 1.52. The number of methoxy groups -OCH3 is 1. The van der Waals surface area contributed by atoms with Gasteiger partial charge in [-0.15, -0.1) is 0 Å². The molecule has 0 unspecified atom stereocenters. The molecule has 0 aliphatic heterocycles. The van der Waals surface area contributed by atoms with Gasteiger partial charge in [0, 0.05) is 18.7 Å². The monoisotopic (exact) mass is 309 g/mol. The molecule has 5 nitrogen and oxygen atoms in total. The van der Waals surface area contributed by atoms with E-state index >= 15 is 0 Å². The Morgan fingerprint density at radius 2 is 2.04 bits per heavy atom. The number of aryl methyl sites for hydroxylation is 1. The summed E-state index contributed by atoms with van der Waals surface area (Å²) < 4.78 is 7.25. The van der Waals surface area contributed by atoms with Gasteiger partial charge in [0.1, 0.15) is 11.6 Å². The molecule has 0 aliphatic carbocycles. The molecule has 118 valence electrons. The molecular weight excluding hydrogens is 290 g/mol. The minimum Gasteiger partial charge on any atom is -0.497 e. The molecule has 3 rings (SSSR count). The number of aromatic nitrogens is 2. The average molecular weight is 309 g/mol. The third-order valence-electron chi connectivity index (χ3n) is 3.80. The molecule has 2 aromatic carbocycles. The van der Waals surface area contributed by atoms with E-state index in [1.54, 1.807) is 25.3 Å². The number of hydrogen-bond donors (Lipinski definition) is 1. The van der Waals surface area contributed by atoms with Crippen molar-refractivity contribution < 1.29 is 9.53 Å². The number of nitrogens with zero attached hydrogens (tertiary/aromatic N) is 2. The van der Waals surface area contributed by atoms with Crippen LogP contribution in [0, 0.1) is 6.92 Å². The van der Waals surface area contributed by atoms with E-state index in [9.17, 15) is 4.79 Å². The van der Waals surface area contributed by atoms with Gasteiger partial charge in [-0.2, -0.15) is 0 Å². The Hall–Kier alpha value is -2.82. The van der Waals surface area contributed by atoms with Crippen molar-refractivity contribution in [2.24, 2.45) is 0 Å². The van der Waals surface area contributed by atoms with E-state index in [4.69, 9.17) is 4.74 Å². The first-order valence-electron chi connectivity index (χ1n) is 7.53. The molecule has 0 aliphatic rings. The SMILES string of the molecule is COc1cccc(C(=O)NCCn2c(C)nc3ccccc32)c1. The predicted octanol–water partition coefficient (Wildman–Crippen LogP) is 2.78. The summed E-state index contributed by atoms with van der Waals surface area (Å²) in [4.78, 5) is 16.7. The van der Waals surface area contributed by atoms with Crippen molar-refractivity contribution in [1.29, 1.82) is 0 Å². The number of rotatable bonds is 5. The van der Waals surface area contributed by atoms with E-state index in [0.717, 1.165) is 16.9 Å². The molecule has 0 fully saturated rings. The van der Waals surface area contributed by atoms with E-state index in [-0.39, 0.29) is 5.91 Å². The number of amides is 1. The zero-order chi connectivity index (χ0) is 16.2. The Morgan fingerprint density at radius 3 is 2.87 bits per heavy atom. The Balaban J connectivity index is 1.66. The third kappa shape index (κ3) is 3.18. The molecule has 1 amide bonds. The number of benzene rings is 2. The molecule has 1 N–H and O–H groups in total. The highest BCUT2D eigenvalue weighted by atomic mass is 16.5. The number of para-hydroxylation sites is 2. The molecule has 0 atom stereocenters. The highest BCUT2D eigenvalue weighted by molar-refractivity contribution is 5.94. The van der Waals surface area contributed by atoms with E-state index in [0.29, 0.717) is 24.4 Å². The number of nitrogens with one attached hydrogen (secondary N) is 1. The van der Waals surface area contributed by atoms with Crippen LogP contribution in [0.5, 0.6) is 5.75 Å². The van der Waals surface area contributed by atoms with Crippen LogP contribution in [-0.2, 0) is 6.54 Å². The summed E-state index contributed by atoms with van der Waals surface area (Å²) >= 11 is 0. The third-order valence-corrected chi connectivity index (χ3v) is 3.80. The van der Waals surface area contributed by atoms with Gasteiger partial charge in [0.15, 0.2) is 0 Å². The van der Waals surface area contributed by atoms with Gasteiger partial charge in [-0.3, -0.25) is 4.79 Å².